The van der Waals surface area contributed by atoms with Crippen molar-refractivity contribution in [2.45, 2.75) is 0 Å². The van der Waals surface area contributed by atoms with Gasteiger partial charge in [-0.3, -0.25) is 0 Å². The Hall–Kier alpha value is -1.64. The summed E-state index contributed by atoms with van der Waals surface area (Å²) < 4.78 is 0. The zero-order valence-corrected chi connectivity index (χ0v) is 18.7. The lowest BCUT2D eigenvalue weighted by molar-refractivity contribution is 1.11. The zero-order valence-electron chi connectivity index (χ0n) is 17.1. The molecular formula is C20H30ClN4P. The van der Waals surface area contributed by atoms with Crippen LogP contribution in [0.1, 0.15) is 0 Å². The number of nitrogens with zero attached hydrogens (tertiary/aromatic N) is 4. The molecule has 0 radical (unpaired) electrons. The summed E-state index contributed by atoms with van der Waals surface area (Å²) in [5.74, 6) is 0. The van der Waals surface area contributed by atoms with E-state index in [9.17, 15) is 0 Å². The number of halogens is 1. The van der Waals surface area contributed by atoms with Gasteiger partial charge in [-0.1, -0.05) is 11.2 Å². The first kappa shape index (κ1) is 20.7. The number of anilines is 4. The van der Waals surface area contributed by atoms with Gasteiger partial charge < -0.3 is 19.6 Å². The number of hydrogen-bond donors (Lipinski definition) is 0. The van der Waals surface area contributed by atoms with E-state index < -0.39 is 7.27 Å². The van der Waals surface area contributed by atoms with Crippen molar-refractivity contribution in [1.29, 1.82) is 0 Å². The van der Waals surface area contributed by atoms with Crippen molar-refractivity contribution in [2.75, 3.05) is 76.0 Å². The second kappa shape index (κ2) is 8.37. The van der Waals surface area contributed by atoms with Gasteiger partial charge in [0.15, 0.2) is 0 Å². The molecule has 2 rings (SSSR count). The van der Waals surface area contributed by atoms with Crippen molar-refractivity contribution >= 4 is 51.9 Å². The quantitative estimate of drug-likeness (QED) is 0.697. The van der Waals surface area contributed by atoms with E-state index in [2.05, 4.69) is 112 Å². The van der Waals surface area contributed by atoms with Gasteiger partial charge >= 0.3 is 0 Å². The Balaban J connectivity index is 2.57. The van der Waals surface area contributed by atoms with Crippen LogP contribution in [0.25, 0.3) is 0 Å². The van der Waals surface area contributed by atoms with E-state index in [1.807, 2.05) is 0 Å². The van der Waals surface area contributed by atoms with Gasteiger partial charge in [-0.15, -0.1) is 0 Å². The van der Waals surface area contributed by atoms with Gasteiger partial charge in [-0.25, -0.2) is 0 Å². The summed E-state index contributed by atoms with van der Waals surface area (Å²) in [7, 11) is 15.5. The molecule has 0 saturated carbocycles. The highest BCUT2D eigenvalue weighted by Crippen LogP contribution is 2.45. The van der Waals surface area contributed by atoms with Crippen LogP contribution in [0.15, 0.2) is 36.4 Å². The normalized spacial score (nSPS) is 10.8. The molecule has 0 heterocycles. The van der Waals surface area contributed by atoms with E-state index in [-0.39, 0.29) is 0 Å². The Morgan fingerprint density at radius 3 is 1.19 bits per heavy atom. The van der Waals surface area contributed by atoms with E-state index in [0.29, 0.717) is 0 Å². The second-order valence-corrected chi connectivity index (χ2v) is 9.74. The molecule has 6 heteroatoms. The summed E-state index contributed by atoms with van der Waals surface area (Å²) in [5.41, 5.74) is 4.68. The maximum atomic E-state index is 7.08. The molecule has 0 amide bonds. The molecule has 2 aromatic rings. The molecule has 0 fully saturated rings. The molecular weight excluding hydrogens is 363 g/mol. The lowest BCUT2D eigenvalue weighted by atomic mass is 10.2. The lowest BCUT2D eigenvalue weighted by Crippen LogP contribution is -2.24. The van der Waals surface area contributed by atoms with Crippen LogP contribution >= 0.6 is 18.5 Å². The maximum Gasteiger partial charge on any atom is 0.0566 e. The topological polar surface area (TPSA) is 13.0 Å². The minimum absolute atomic E-state index is 0.989. The lowest BCUT2D eigenvalue weighted by Gasteiger charge is -2.27. The first-order chi connectivity index (χ1) is 12.1. The standard InChI is InChI=1S/C20H30ClN4P/c1-22(2)15-9-11-19(17(13-15)24(5)6)26(21)20-12-10-16(23(3)4)14-18(20)25(7)8/h9-14H,1-8H3. The van der Waals surface area contributed by atoms with Crippen LogP contribution in [0, 0.1) is 0 Å². The average Bonchev–Trinajstić information content (AvgIpc) is 2.59. The Morgan fingerprint density at radius 2 is 0.923 bits per heavy atom. The molecule has 0 bridgehead atoms. The van der Waals surface area contributed by atoms with E-state index >= 15 is 0 Å². The fourth-order valence-electron chi connectivity index (χ4n) is 2.76. The highest BCUT2D eigenvalue weighted by atomic mass is 35.7. The molecule has 4 nitrogen and oxygen atoms in total. The minimum atomic E-state index is -0.989. The summed E-state index contributed by atoms with van der Waals surface area (Å²) in [6.07, 6.45) is 0. The molecule has 0 aliphatic carbocycles. The van der Waals surface area contributed by atoms with Crippen LogP contribution in [0.2, 0.25) is 0 Å². The largest absolute Gasteiger partial charge is 0.378 e. The van der Waals surface area contributed by atoms with Crippen LogP contribution in [0.5, 0.6) is 0 Å². The Bertz CT molecular complexity index is 696. The highest BCUT2D eigenvalue weighted by molar-refractivity contribution is 7.96. The van der Waals surface area contributed by atoms with Gasteiger partial charge in [-0.05, 0) is 36.4 Å². The number of hydrogen-bond acceptors (Lipinski definition) is 4. The van der Waals surface area contributed by atoms with E-state index in [0.717, 1.165) is 0 Å². The summed E-state index contributed by atoms with van der Waals surface area (Å²) >= 11 is 7.08. The van der Waals surface area contributed by atoms with Crippen LogP contribution in [0.3, 0.4) is 0 Å². The zero-order chi connectivity index (χ0) is 19.6. The van der Waals surface area contributed by atoms with Crippen molar-refractivity contribution in [3.63, 3.8) is 0 Å². The van der Waals surface area contributed by atoms with Crippen molar-refractivity contribution in [1.82, 2.24) is 0 Å². The van der Waals surface area contributed by atoms with Crippen molar-refractivity contribution < 1.29 is 0 Å². The maximum absolute atomic E-state index is 7.08. The smallest absolute Gasteiger partial charge is 0.0566 e. The van der Waals surface area contributed by atoms with Gasteiger partial charge in [0.05, 0.1) is 7.27 Å². The molecule has 26 heavy (non-hydrogen) atoms. The molecule has 0 spiro atoms. The number of rotatable bonds is 6. The number of benzene rings is 2. The Morgan fingerprint density at radius 1 is 0.577 bits per heavy atom. The molecule has 142 valence electrons. The second-order valence-electron chi connectivity index (χ2n) is 7.20. The predicted octanol–water partition coefficient (Wildman–Crippen LogP) is 3.54. The molecule has 0 N–H and O–H groups in total. The van der Waals surface area contributed by atoms with Crippen LogP contribution in [0.4, 0.5) is 22.7 Å². The Kier molecular flexibility index (Phi) is 6.65. The van der Waals surface area contributed by atoms with E-state index in [4.69, 9.17) is 11.2 Å². The molecule has 0 atom stereocenters. The molecule has 0 aromatic heterocycles. The average molecular weight is 393 g/mol. The monoisotopic (exact) mass is 392 g/mol. The summed E-state index contributed by atoms with van der Waals surface area (Å²) in [5, 5.41) is 2.36. The SMILES string of the molecule is CN(C)c1ccc(P(Cl)c2ccc(N(C)C)cc2N(C)C)c(N(C)C)c1. The molecule has 0 aliphatic rings. The van der Waals surface area contributed by atoms with Gasteiger partial charge in [0.2, 0.25) is 0 Å². The predicted molar refractivity (Wildman–Crippen MR) is 122 cm³/mol. The van der Waals surface area contributed by atoms with Crippen LogP contribution < -0.4 is 30.2 Å². The highest BCUT2D eigenvalue weighted by Gasteiger charge is 2.21. The van der Waals surface area contributed by atoms with Crippen LogP contribution in [-0.2, 0) is 0 Å². The first-order valence-electron chi connectivity index (χ1n) is 8.56. The van der Waals surface area contributed by atoms with Crippen LogP contribution in [-0.4, -0.2) is 56.4 Å². The van der Waals surface area contributed by atoms with Gasteiger partial charge in [-0.2, -0.15) is 0 Å². The molecule has 0 unspecified atom stereocenters. The third-order valence-electron chi connectivity index (χ3n) is 4.34. The fourth-order valence-corrected chi connectivity index (χ4v) is 5.22. The van der Waals surface area contributed by atoms with Gasteiger partial charge in [0, 0.05) is 89.7 Å². The summed E-state index contributed by atoms with van der Waals surface area (Å²) in [4.78, 5) is 8.52. The van der Waals surface area contributed by atoms with Gasteiger partial charge in [0.1, 0.15) is 0 Å². The van der Waals surface area contributed by atoms with Crippen molar-refractivity contribution in [3.05, 3.63) is 36.4 Å². The summed E-state index contributed by atoms with van der Waals surface area (Å²) in [6.45, 7) is 0. The van der Waals surface area contributed by atoms with E-state index in [1.54, 1.807) is 0 Å². The Labute approximate surface area is 164 Å². The molecule has 0 aliphatic heterocycles. The van der Waals surface area contributed by atoms with Crippen molar-refractivity contribution in [2.24, 2.45) is 0 Å². The summed E-state index contributed by atoms with van der Waals surface area (Å²) in [6, 6.07) is 13.0. The molecule has 2 aromatic carbocycles. The minimum Gasteiger partial charge on any atom is -0.378 e. The third-order valence-corrected chi connectivity index (χ3v) is 7.03. The van der Waals surface area contributed by atoms with Crippen molar-refractivity contribution in [3.8, 4) is 0 Å². The fraction of sp³-hybridized carbons (Fsp3) is 0.400. The third kappa shape index (κ3) is 4.36. The first-order valence-corrected chi connectivity index (χ1v) is 10.8. The van der Waals surface area contributed by atoms with Gasteiger partial charge in [0.25, 0.3) is 0 Å². The van der Waals surface area contributed by atoms with E-state index in [1.165, 1.54) is 33.4 Å². The molecule has 0 saturated heterocycles.